The minimum Gasteiger partial charge on any atom is -0.352 e. The molecule has 37 heavy (non-hydrogen) atoms. The van der Waals surface area contributed by atoms with Gasteiger partial charge in [0.05, 0.1) is 11.9 Å². The van der Waals surface area contributed by atoms with Gasteiger partial charge in [-0.25, -0.2) is 8.42 Å². The van der Waals surface area contributed by atoms with Crippen molar-refractivity contribution >= 4 is 27.5 Å². The molecule has 7 nitrogen and oxygen atoms in total. The number of nitrogens with one attached hydrogen (secondary N) is 1. The Labute approximate surface area is 222 Å². The van der Waals surface area contributed by atoms with E-state index in [1.807, 2.05) is 57.2 Å². The fourth-order valence-corrected chi connectivity index (χ4v) is 5.82. The van der Waals surface area contributed by atoms with Crippen LogP contribution in [0.5, 0.6) is 0 Å². The third kappa shape index (κ3) is 8.06. The van der Waals surface area contributed by atoms with Crippen LogP contribution in [0.15, 0.2) is 42.5 Å². The summed E-state index contributed by atoms with van der Waals surface area (Å²) in [5.41, 5.74) is 4.74. The van der Waals surface area contributed by atoms with Crippen LogP contribution in [0.2, 0.25) is 0 Å². The minimum atomic E-state index is -3.52. The number of amides is 2. The van der Waals surface area contributed by atoms with Crippen molar-refractivity contribution in [3.8, 4) is 0 Å². The van der Waals surface area contributed by atoms with Crippen LogP contribution in [0.1, 0.15) is 67.7 Å². The van der Waals surface area contributed by atoms with E-state index < -0.39 is 16.1 Å². The molecule has 1 atom stereocenters. The molecule has 0 radical (unpaired) electrons. The van der Waals surface area contributed by atoms with Crippen LogP contribution in [0.4, 0.5) is 5.69 Å². The molecule has 1 fully saturated rings. The molecule has 2 amide bonds. The van der Waals surface area contributed by atoms with E-state index in [9.17, 15) is 18.0 Å². The Hall–Kier alpha value is -2.87. The van der Waals surface area contributed by atoms with E-state index in [-0.39, 0.29) is 30.8 Å². The fraction of sp³-hybridized carbons (Fsp3) is 0.517. The number of nitrogens with zero attached hydrogens (tertiary/aromatic N) is 2. The number of anilines is 1. The van der Waals surface area contributed by atoms with Crippen molar-refractivity contribution < 1.29 is 18.0 Å². The number of carbonyl (C=O) groups excluding carboxylic acids is 2. The van der Waals surface area contributed by atoms with Crippen molar-refractivity contribution in [1.29, 1.82) is 0 Å². The molecule has 1 unspecified atom stereocenters. The number of aryl methyl sites for hydroxylation is 3. The quantitative estimate of drug-likeness (QED) is 0.461. The zero-order valence-corrected chi connectivity index (χ0v) is 23.6. The molecule has 0 aromatic heterocycles. The molecule has 0 spiro atoms. The van der Waals surface area contributed by atoms with Crippen molar-refractivity contribution in [2.24, 2.45) is 0 Å². The van der Waals surface area contributed by atoms with Gasteiger partial charge in [-0.05, 0) is 75.8 Å². The first kappa shape index (κ1) is 28.7. The molecular weight excluding hydrogens is 486 g/mol. The smallest absolute Gasteiger partial charge is 0.242 e. The average Bonchev–Trinajstić information content (AvgIpc) is 3.34. The number of hydrogen-bond acceptors (Lipinski definition) is 4. The number of carbonyl (C=O) groups is 2. The van der Waals surface area contributed by atoms with E-state index in [4.69, 9.17) is 0 Å². The summed E-state index contributed by atoms with van der Waals surface area (Å²) in [6, 6.07) is 13.0. The van der Waals surface area contributed by atoms with Gasteiger partial charge in [-0.15, -0.1) is 0 Å². The summed E-state index contributed by atoms with van der Waals surface area (Å²) in [4.78, 5) is 28.2. The van der Waals surface area contributed by atoms with Crippen molar-refractivity contribution in [3.05, 3.63) is 64.7 Å². The van der Waals surface area contributed by atoms with E-state index in [1.165, 1.54) is 10.6 Å². The molecule has 1 aliphatic carbocycles. The second-order valence-electron chi connectivity index (χ2n) is 10.4. The van der Waals surface area contributed by atoms with Gasteiger partial charge in [0.2, 0.25) is 21.8 Å². The van der Waals surface area contributed by atoms with Crippen molar-refractivity contribution in [2.75, 3.05) is 17.1 Å². The summed E-state index contributed by atoms with van der Waals surface area (Å²) in [7, 11) is -3.52. The zero-order valence-electron chi connectivity index (χ0n) is 22.8. The normalized spacial score (nSPS) is 14.8. The Morgan fingerprint density at radius 1 is 1.03 bits per heavy atom. The second kappa shape index (κ2) is 12.6. The van der Waals surface area contributed by atoms with Crippen LogP contribution in [0, 0.1) is 20.8 Å². The van der Waals surface area contributed by atoms with Gasteiger partial charge in [-0.1, -0.05) is 48.7 Å². The summed E-state index contributed by atoms with van der Waals surface area (Å²) in [6.07, 6.45) is 5.85. The maximum atomic E-state index is 13.5. The predicted molar refractivity (Wildman–Crippen MR) is 149 cm³/mol. The summed E-state index contributed by atoms with van der Waals surface area (Å²) in [6.45, 7) is 8.22. The average molecular weight is 528 g/mol. The Morgan fingerprint density at radius 2 is 1.73 bits per heavy atom. The molecule has 0 heterocycles. The van der Waals surface area contributed by atoms with Crippen molar-refractivity contribution in [2.45, 2.75) is 84.8 Å². The number of rotatable bonds is 11. The predicted octanol–water partition coefficient (Wildman–Crippen LogP) is 4.63. The Balaban J connectivity index is 1.73. The molecule has 2 aromatic carbocycles. The highest BCUT2D eigenvalue weighted by molar-refractivity contribution is 7.92. The SMILES string of the molecule is Cc1cccc(CN(C(=O)CCCN(c2ccc(C)c(C)c2)S(C)(=O)=O)C(C)C(=O)NC2CCCC2)c1. The van der Waals surface area contributed by atoms with Crippen LogP contribution >= 0.6 is 0 Å². The zero-order chi connectivity index (χ0) is 27.2. The topological polar surface area (TPSA) is 86.8 Å². The highest BCUT2D eigenvalue weighted by Crippen LogP contribution is 2.23. The molecule has 0 bridgehead atoms. The molecule has 3 rings (SSSR count). The molecular formula is C29H41N3O4S. The van der Waals surface area contributed by atoms with E-state index >= 15 is 0 Å². The maximum Gasteiger partial charge on any atom is 0.242 e. The van der Waals surface area contributed by atoms with E-state index in [2.05, 4.69) is 5.32 Å². The highest BCUT2D eigenvalue weighted by Gasteiger charge is 2.28. The van der Waals surface area contributed by atoms with Crippen LogP contribution in [0.25, 0.3) is 0 Å². The molecule has 1 aliphatic rings. The van der Waals surface area contributed by atoms with Crippen molar-refractivity contribution in [1.82, 2.24) is 10.2 Å². The van der Waals surface area contributed by atoms with Crippen LogP contribution in [-0.4, -0.2) is 50.0 Å². The largest absolute Gasteiger partial charge is 0.352 e. The summed E-state index contributed by atoms with van der Waals surface area (Å²) >= 11 is 0. The standard InChI is InChI=1S/C29H41N3O4S/c1-21-10-8-11-25(18-21)20-31(24(4)29(34)30-26-12-6-7-13-26)28(33)14-9-17-32(37(5,35)36)27-16-15-22(2)23(3)19-27/h8,10-11,15-16,18-19,24,26H,6-7,9,12-14,17,20H2,1-5H3,(H,30,34). The number of benzene rings is 2. The second-order valence-corrected chi connectivity index (χ2v) is 12.3. The van der Waals surface area contributed by atoms with Gasteiger partial charge in [0.1, 0.15) is 6.04 Å². The van der Waals surface area contributed by atoms with Crippen LogP contribution < -0.4 is 9.62 Å². The molecule has 0 saturated heterocycles. The number of hydrogen-bond donors (Lipinski definition) is 1. The van der Waals surface area contributed by atoms with Gasteiger partial charge in [0.15, 0.2) is 0 Å². The first-order chi connectivity index (χ1) is 17.5. The van der Waals surface area contributed by atoms with Gasteiger partial charge in [0.25, 0.3) is 0 Å². The molecule has 0 aliphatic heterocycles. The Bertz CT molecular complexity index is 1210. The van der Waals surface area contributed by atoms with E-state index in [0.717, 1.165) is 47.9 Å². The molecule has 1 saturated carbocycles. The van der Waals surface area contributed by atoms with Gasteiger partial charge < -0.3 is 10.2 Å². The molecule has 2 aromatic rings. The summed E-state index contributed by atoms with van der Waals surface area (Å²) in [5.74, 6) is -0.301. The lowest BCUT2D eigenvalue weighted by Crippen LogP contribution is -2.49. The van der Waals surface area contributed by atoms with E-state index in [1.54, 1.807) is 17.9 Å². The van der Waals surface area contributed by atoms with Gasteiger partial charge in [0, 0.05) is 25.6 Å². The maximum absolute atomic E-state index is 13.5. The Kier molecular flexibility index (Phi) is 9.76. The Morgan fingerprint density at radius 3 is 2.35 bits per heavy atom. The van der Waals surface area contributed by atoms with Gasteiger partial charge in [-0.3, -0.25) is 13.9 Å². The molecule has 8 heteroatoms. The highest BCUT2D eigenvalue weighted by atomic mass is 32.2. The first-order valence-corrected chi connectivity index (χ1v) is 15.0. The number of sulfonamides is 1. The molecule has 202 valence electrons. The van der Waals surface area contributed by atoms with Crippen LogP contribution in [0.3, 0.4) is 0 Å². The van der Waals surface area contributed by atoms with Crippen molar-refractivity contribution in [3.63, 3.8) is 0 Å². The summed E-state index contributed by atoms with van der Waals surface area (Å²) < 4.78 is 26.5. The minimum absolute atomic E-state index is 0.138. The van der Waals surface area contributed by atoms with Gasteiger partial charge in [-0.2, -0.15) is 0 Å². The molecule has 1 N–H and O–H groups in total. The van der Waals surface area contributed by atoms with Crippen LogP contribution in [-0.2, 0) is 26.2 Å². The monoisotopic (exact) mass is 527 g/mol. The van der Waals surface area contributed by atoms with Gasteiger partial charge >= 0.3 is 0 Å². The third-order valence-corrected chi connectivity index (χ3v) is 8.43. The summed E-state index contributed by atoms with van der Waals surface area (Å²) in [5, 5.41) is 3.12. The first-order valence-electron chi connectivity index (χ1n) is 13.2. The lowest BCUT2D eigenvalue weighted by Gasteiger charge is -2.30. The lowest BCUT2D eigenvalue weighted by atomic mass is 10.1. The lowest BCUT2D eigenvalue weighted by molar-refractivity contribution is -0.141. The van der Waals surface area contributed by atoms with E-state index in [0.29, 0.717) is 18.7 Å². The fourth-order valence-electron chi connectivity index (χ4n) is 4.87. The third-order valence-electron chi connectivity index (χ3n) is 7.23.